The Labute approximate surface area is 237 Å². The van der Waals surface area contributed by atoms with Crippen molar-refractivity contribution in [3.63, 3.8) is 0 Å². The fourth-order valence-electron chi connectivity index (χ4n) is 5.50. The summed E-state index contributed by atoms with van der Waals surface area (Å²) in [6.45, 7) is 2.75. The van der Waals surface area contributed by atoms with Crippen LogP contribution in [0.15, 0.2) is 76.9 Å². The molecule has 2 aromatic carbocycles. The molecule has 3 unspecified atom stereocenters. The van der Waals surface area contributed by atoms with E-state index in [4.69, 9.17) is 14.5 Å². The number of aromatic nitrogens is 1. The number of ether oxygens (including phenoxy) is 2. The fourth-order valence-corrected chi connectivity index (χ4v) is 5.50. The molecular formula is C31H33F3N4O3. The average Bonchev–Trinajstić information content (AvgIpc) is 2.97. The highest BCUT2D eigenvalue weighted by Gasteiger charge is 2.41. The highest BCUT2D eigenvalue weighted by atomic mass is 19.4. The molecule has 1 aliphatic heterocycles. The Morgan fingerprint density at radius 3 is 2.02 bits per heavy atom. The number of allylic oxidation sites excluding steroid dienone is 1. The number of methoxy groups -OCH3 is 2. The van der Waals surface area contributed by atoms with Gasteiger partial charge in [0.1, 0.15) is 17.3 Å². The van der Waals surface area contributed by atoms with Crippen LogP contribution in [0.3, 0.4) is 0 Å². The number of benzene rings is 2. The standard InChI is InChI=1S/C31H33F3N4O3/c1-19-14-25-27(35-18-36-30(25)39)15-24(19)29-26(31(32,33)34)12-13-28(37-29)38(16-20-4-8-22(40-2)9-5-20)17-21-6-10-23(41-3)11-7-21/h4-13,18-19,24,30,39H,14-17H2,1-3H3,(H,35,36). The Morgan fingerprint density at radius 2 is 1.49 bits per heavy atom. The predicted molar refractivity (Wildman–Crippen MR) is 151 cm³/mol. The van der Waals surface area contributed by atoms with Crippen LogP contribution in [0.2, 0.25) is 0 Å². The third kappa shape index (κ3) is 6.32. The molecule has 216 valence electrons. The lowest BCUT2D eigenvalue weighted by Gasteiger charge is -2.36. The molecule has 1 aromatic heterocycles. The number of hydrogen-bond acceptors (Lipinski definition) is 7. The molecule has 0 spiro atoms. The second-order valence-corrected chi connectivity index (χ2v) is 10.4. The van der Waals surface area contributed by atoms with Gasteiger partial charge < -0.3 is 24.8 Å². The van der Waals surface area contributed by atoms with E-state index in [9.17, 15) is 18.3 Å². The Hall–Kier alpha value is -4.05. The zero-order chi connectivity index (χ0) is 29.1. The summed E-state index contributed by atoms with van der Waals surface area (Å²) in [6.07, 6.45) is -3.41. The Kier molecular flexibility index (Phi) is 8.21. The first-order valence-corrected chi connectivity index (χ1v) is 13.4. The van der Waals surface area contributed by atoms with Crippen LogP contribution in [0.4, 0.5) is 19.0 Å². The topological polar surface area (TPSA) is 79.2 Å². The molecule has 0 bridgehead atoms. The van der Waals surface area contributed by atoms with Crippen LogP contribution in [0.5, 0.6) is 11.5 Å². The minimum Gasteiger partial charge on any atom is -0.497 e. The summed E-state index contributed by atoms with van der Waals surface area (Å²) in [5.74, 6) is 1.21. The number of aliphatic imine (C=N–C) groups is 1. The summed E-state index contributed by atoms with van der Waals surface area (Å²) in [6, 6.07) is 17.8. The van der Waals surface area contributed by atoms with E-state index < -0.39 is 23.9 Å². The average molecular weight is 567 g/mol. The zero-order valence-electron chi connectivity index (χ0n) is 23.2. The van der Waals surface area contributed by atoms with Gasteiger partial charge in [-0.3, -0.25) is 0 Å². The summed E-state index contributed by atoms with van der Waals surface area (Å²) in [4.78, 5) is 10.7. The Morgan fingerprint density at radius 1 is 0.902 bits per heavy atom. The fraction of sp³-hybridized carbons (Fsp3) is 0.355. The van der Waals surface area contributed by atoms with E-state index >= 15 is 0 Å². The van der Waals surface area contributed by atoms with Crippen LogP contribution in [0, 0.1) is 5.92 Å². The maximum atomic E-state index is 14.3. The second kappa shape index (κ2) is 11.8. The molecule has 7 nitrogen and oxygen atoms in total. The minimum atomic E-state index is -4.56. The molecule has 3 aromatic rings. The molecule has 2 heterocycles. The van der Waals surface area contributed by atoms with Gasteiger partial charge in [0.2, 0.25) is 0 Å². The molecular weight excluding hydrogens is 533 g/mol. The summed E-state index contributed by atoms with van der Waals surface area (Å²) in [7, 11) is 3.19. The van der Waals surface area contributed by atoms with Gasteiger partial charge in [-0.2, -0.15) is 13.2 Å². The van der Waals surface area contributed by atoms with Crippen molar-refractivity contribution < 1.29 is 27.8 Å². The first-order chi connectivity index (χ1) is 19.7. The van der Waals surface area contributed by atoms with Gasteiger partial charge in [0.15, 0.2) is 6.23 Å². The lowest BCUT2D eigenvalue weighted by molar-refractivity contribution is -0.138. The molecule has 0 fully saturated rings. The van der Waals surface area contributed by atoms with Crippen LogP contribution < -0.4 is 19.7 Å². The Balaban J connectivity index is 1.54. The van der Waals surface area contributed by atoms with Crippen molar-refractivity contribution in [1.82, 2.24) is 10.3 Å². The molecule has 3 atom stereocenters. The number of aliphatic hydroxyl groups excluding tert-OH is 1. The number of anilines is 1. The summed E-state index contributed by atoms with van der Waals surface area (Å²) in [5, 5.41) is 13.4. The number of hydrogen-bond donors (Lipinski definition) is 2. The largest absolute Gasteiger partial charge is 0.497 e. The number of rotatable bonds is 8. The van der Waals surface area contributed by atoms with Crippen LogP contribution >= 0.6 is 0 Å². The monoisotopic (exact) mass is 566 g/mol. The molecule has 0 saturated carbocycles. The molecule has 0 amide bonds. The van der Waals surface area contributed by atoms with Crippen LogP contribution in [0.1, 0.15) is 48.1 Å². The molecule has 1 aliphatic carbocycles. The van der Waals surface area contributed by atoms with E-state index in [2.05, 4.69) is 10.3 Å². The van der Waals surface area contributed by atoms with E-state index in [1.54, 1.807) is 14.2 Å². The lowest BCUT2D eigenvalue weighted by Crippen LogP contribution is -2.33. The second-order valence-electron chi connectivity index (χ2n) is 10.4. The number of aliphatic hydroxyl groups is 1. The van der Waals surface area contributed by atoms with Crippen molar-refractivity contribution in [2.24, 2.45) is 10.9 Å². The van der Waals surface area contributed by atoms with Gasteiger partial charge in [-0.1, -0.05) is 31.2 Å². The smallest absolute Gasteiger partial charge is 0.418 e. The van der Waals surface area contributed by atoms with Crippen LogP contribution in [-0.2, 0) is 19.3 Å². The van der Waals surface area contributed by atoms with Crippen LogP contribution in [-0.4, -0.2) is 36.9 Å². The normalized spacial score (nSPS) is 20.3. The lowest BCUT2D eigenvalue weighted by atomic mass is 9.75. The van der Waals surface area contributed by atoms with Crippen molar-refractivity contribution in [2.45, 2.75) is 51.2 Å². The van der Waals surface area contributed by atoms with Crippen molar-refractivity contribution in [1.29, 1.82) is 0 Å². The van der Waals surface area contributed by atoms with Gasteiger partial charge in [0, 0.05) is 24.7 Å². The molecule has 2 aliphatic rings. The van der Waals surface area contributed by atoms with Gasteiger partial charge in [0.05, 0.1) is 31.8 Å². The zero-order valence-corrected chi connectivity index (χ0v) is 23.2. The van der Waals surface area contributed by atoms with Crippen molar-refractivity contribution in [3.05, 3.63) is 94.3 Å². The maximum Gasteiger partial charge on any atom is 0.418 e. The number of pyridine rings is 1. The van der Waals surface area contributed by atoms with Gasteiger partial charge >= 0.3 is 6.18 Å². The molecule has 10 heteroatoms. The highest BCUT2D eigenvalue weighted by molar-refractivity contribution is 5.61. The van der Waals surface area contributed by atoms with Crippen molar-refractivity contribution in [2.75, 3.05) is 19.1 Å². The highest BCUT2D eigenvalue weighted by Crippen LogP contribution is 2.45. The van der Waals surface area contributed by atoms with E-state index in [-0.39, 0.29) is 11.6 Å². The SMILES string of the molecule is COc1ccc(CN(Cc2ccc(OC)cc2)c2ccc(C(F)(F)F)c(C3CC4=C(CC3C)C(O)N=CN4)n2)cc1. The summed E-state index contributed by atoms with van der Waals surface area (Å²) < 4.78 is 53.5. The predicted octanol–water partition coefficient (Wildman–Crippen LogP) is 6.04. The third-order valence-corrected chi connectivity index (χ3v) is 7.76. The molecule has 5 rings (SSSR count). The van der Waals surface area contributed by atoms with E-state index in [1.165, 1.54) is 12.4 Å². The van der Waals surface area contributed by atoms with E-state index in [0.717, 1.165) is 34.3 Å². The summed E-state index contributed by atoms with van der Waals surface area (Å²) in [5.41, 5.74) is 2.64. The number of nitrogens with zero attached hydrogens (tertiary/aromatic N) is 3. The third-order valence-electron chi connectivity index (χ3n) is 7.76. The van der Waals surface area contributed by atoms with Gasteiger partial charge in [-0.15, -0.1) is 0 Å². The van der Waals surface area contributed by atoms with Gasteiger partial charge in [-0.25, -0.2) is 9.98 Å². The summed E-state index contributed by atoms with van der Waals surface area (Å²) >= 11 is 0. The number of alkyl halides is 3. The Bertz CT molecular complexity index is 1370. The van der Waals surface area contributed by atoms with E-state index in [1.807, 2.05) is 60.4 Å². The quantitative estimate of drug-likeness (QED) is 0.346. The molecule has 41 heavy (non-hydrogen) atoms. The molecule has 0 saturated heterocycles. The first-order valence-electron chi connectivity index (χ1n) is 13.4. The van der Waals surface area contributed by atoms with Crippen molar-refractivity contribution in [3.8, 4) is 11.5 Å². The van der Waals surface area contributed by atoms with Gasteiger partial charge in [-0.05, 0) is 71.9 Å². The van der Waals surface area contributed by atoms with Crippen LogP contribution in [0.25, 0.3) is 0 Å². The number of nitrogens with one attached hydrogen (secondary N) is 1. The minimum absolute atomic E-state index is 0.0160. The number of halogens is 3. The maximum absolute atomic E-state index is 14.3. The first kappa shape index (κ1) is 28.5. The van der Waals surface area contributed by atoms with E-state index in [0.29, 0.717) is 37.4 Å². The molecule has 2 N–H and O–H groups in total. The molecule has 0 radical (unpaired) electrons. The van der Waals surface area contributed by atoms with Crippen molar-refractivity contribution >= 4 is 12.2 Å². The van der Waals surface area contributed by atoms with Gasteiger partial charge in [0.25, 0.3) is 0 Å².